The molecule has 96 valence electrons. The summed E-state index contributed by atoms with van der Waals surface area (Å²) in [5.74, 6) is 0.137. The Morgan fingerprint density at radius 1 is 1.00 bits per heavy atom. The summed E-state index contributed by atoms with van der Waals surface area (Å²) in [4.78, 5) is 14.5. The third kappa shape index (κ3) is 1.53. The number of carbonyl (C=O) groups is 1. The molecule has 2 heteroatoms. The minimum absolute atomic E-state index is 0.137. The van der Waals surface area contributed by atoms with Crippen molar-refractivity contribution in [3.63, 3.8) is 0 Å². The fourth-order valence-corrected chi connectivity index (χ4v) is 2.91. The quantitative estimate of drug-likeness (QED) is 0.761. The zero-order chi connectivity index (χ0) is 13.6. The molecule has 3 rings (SSSR count). The molecule has 0 saturated carbocycles. The molecule has 0 bridgehead atoms. The van der Waals surface area contributed by atoms with E-state index < -0.39 is 5.41 Å². The van der Waals surface area contributed by atoms with E-state index in [0.29, 0.717) is 0 Å². The number of hydrogen-bond acceptors (Lipinski definition) is 1. The van der Waals surface area contributed by atoms with Crippen LogP contribution in [0, 0.1) is 6.92 Å². The van der Waals surface area contributed by atoms with Crippen LogP contribution in [-0.4, -0.2) is 13.0 Å². The van der Waals surface area contributed by atoms with E-state index in [2.05, 4.69) is 37.3 Å². The van der Waals surface area contributed by atoms with Crippen molar-refractivity contribution in [2.45, 2.75) is 19.3 Å². The van der Waals surface area contributed by atoms with E-state index in [4.69, 9.17) is 0 Å². The van der Waals surface area contributed by atoms with E-state index >= 15 is 0 Å². The van der Waals surface area contributed by atoms with Gasteiger partial charge in [0.15, 0.2) is 0 Å². The standard InChI is InChI=1S/C17H17NO/c1-12-8-10-13(11-9-12)17(2)14-6-4-5-7-15(14)18(3)16(17)19/h4-11H,1-3H3. The van der Waals surface area contributed by atoms with Gasteiger partial charge in [-0.15, -0.1) is 0 Å². The van der Waals surface area contributed by atoms with E-state index in [1.54, 1.807) is 4.90 Å². The van der Waals surface area contributed by atoms with Crippen LogP contribution in [0.3, 0.4) is 0 Å². The topological polar surface area (TPSA) is 20.3 Å². The van der Waals surface area contributed by atoms with Gasteiger partial charge in [0.25, 0.3) is 0 Å². The van der Waals surface area contributed by atoms with Gasteiger partial charge in [0, 0.05) is 12.7 Å². The van der Waals surface area contributed by atoms with E-state index in [0.717, 1.165) is 16.8 Å². The number of aryl methyl sites for hydroxylation is 1. The Labute approximate surface area is 113 Å². The molecule has 2 aromatic rings. The number of likely N-dealkylation sites (N-methyl/N-ethyl adjacent to an activating group) is 1. The van der Waals surface area contributed by atoms with Crippen molar-refractivity contribution in [3.8, 4) is 0 Å². The number of benzene rings is 2. The second kappa shape index (κ2) is 3.95. The number of fused-ring (bicyclic) bond motifs is 1. The van der Waals surface area contributed by atoms with Crippen molar-refractivity contribution in [2.24, 2.45) is 0 Å². The number of amides is 1. The summed E-state index contributed by atoms with van der Waals surface area (Å²) in [6, 6.07) is 16.3. The van der Waals surface area contributed by atoms with Crippen molar-refractivity contribution in [2.75, 3.05) is 11.9 Å². The Morgan fingerprint density at radius 2 is 1.63 bits per heavy atom. The maximum absolute atomic E-state index is 12.7. The van der Waals surface area contributed by atoms with Gasteiger partial charge in [0.05, 0.1) is 5.41 Å². The average molecular weight is 251 g/mol. The number of hydrogen-bond donors (Lipinski definition) is 0. The average Bonchev–Trinajstić information content (AvgIpc) is 2.63. The van der Waals surface area contributed by atoms with Gasteiger partial charge >= 0.3 is 0 Å². The van der Waals surface area contributed by atoms with Gasteiger partial charge in [-0.05, 0) is 31.0 Å². The number of anilines is 1. The van der Waals surface area contributed by atoms with Gasteiger partial charge < -0.3 is 4.90 Å². The molecule has 2 aromatic carbocycles. The lowest BCUT2D eigenvalue weighted by Crippen LogP contribution is -2.37. The number of nitrogens with zero attached hydrogens (tertiary/aromatic N) is 1. The maximum Gasteiger partial charge on any atom is 0.241 e. The van der Waals surface area contributed by atoms with Gasteiger partial charge in [-0.2, -0.15) is 0 Å². The van der Waals surface area contributed by atoms with Crippen LogP contribution in [0.5, 0.6) is 0 Å². The zero-order valence-electron chi connectivity index (χ0n) is 11.5. The lowest BCUT2D eigenvalue weighted by Gasteiger charge is -2.24. The second-order valence-corrected chi connectivity index (χ2v) is 5.37. The van der Waals surface area contributed by atoms with Crippen molar-refractivity contribution >= 4 is 11.6 Å². The van der Waals surface area contributed by atoms with E-state index in [9.17, 15) is 4.79 Å². The normalized spacial score (nSPS) is 21.6. The Kier molecular flexibility index (Phi) is 2.49. The Morgan fingerprint density at radius 3 is 2.32 bits per heavy atom. The molecule has 0 saturated heterocycles. The summed E-state index contributed by atoms with van der Waals surface area (Å²) in [5.41, 5.74) is 3.79. The number of para-hydroxylation sites is 1. The third-order valence-corrected chi connectivity index (χ3v) is 4.17. The molecule has 0 fully saturated rings. The minimum Gasteiger partial charge on any atom is -0.314 e. The predicted molar refractivity (Wildman–Crippen MR) is 77.5 cm³/mol. The van der Waals surface area contributed by atoms with Crippen LogP contribution in [0.2, 0.25) is 0 Å². The highest BCUT2D eigenvalue weighted by molar-refractivity contribution is 6.09. The van der Waals surface area contributed by atoms with Crippen LogP contribution >= 0.6 is 0 Å². The third-order valence-electron chi connectivity index (χ3n) is 4.17. The molecule has 0 N–H and O–H groups in total. The largest absolute Gasteiger partial charge is 0.314 e. The molecule has 0 aliphatic carbocycles. The first kappa shape index (κ1) is 12.0. The number of rotatable bonds is 1. The van der Waals surface area contributed by atoms with Gasteiger partial charge in [-0.3, -0.25) is 4.79 Å². The summed E-state index contributed by atoms with van der Waals surface area (Å²) in [7, 11) is 1.85. The van der Waals surface area contributed by atoms with E-state index in [-0.39, 0.29) is 5.91 Å². The molecular formula is C17H17NO. The summed E-state index contributed by atoms with van der Waals surface area (Å²) in [6.07, 6.45) is 0. The second-order valence-electron chi connectivity index (χ2n) is 5.37. The highest BCUT2D eigenvalue weighted by atomic mass is 16.2. The highest BCUT2D eigenvalue weighted by Crippen LogP contribution is 2.44. The van der Waals surface area contributed by atoms with Crippen LogP contribution < -0.4 is 4.90 Å². The summed E-state index contributed by atoms with van der Waals surface area (Å²) < 4.78 is 0. The lowest BCUT2D eigenvalue weighted by atomic mass is 9.77. The molecule has 1 unspecified atom stereocenters. The fraction of sp³-hybridized carbons (Fsp3) is 0.235. The van der Waals surface area contributed by atoms with E-state index in [1.807, 2.05) is 32.2 Å². The maximum atomic E-state index is 12.7. The summed E-state index contributed by atoms with van der Waals surface area (Å²) in [6.45, 7) is 4.07. The minimum atomic E-state index is -0.570. The first-order valence-electron chi connectivity index (χ1n) is 6.50. The monoisotopic (exact) mass is 251 g/mol. The first-order valence-corrected chi connectivity index (χ1v) is 6.50. The molecular weight excluding hydrogens is 234 g/mol. The van der Waals surface area contributed by atoms with E-state index in [1.165, 1.54) is 5.56 Å². The van der Waals surface area contributed by atoms with Crippen LogP contribution in [0.25, 0.3) is 0 Å². The molecule has 1 aliphatic rings. The van der Waals surface area contributed by atoms with Gasteiger partial charge in [-0.1, -0.05) is 48.0 Å². The van der Waals surface area contributed by atoms with Gasteiger partial charge in [-0.25, -0.2) is 0 Å². The molecule has 1 heterocycles. The van der Waals surface area contributed by atoms with Crippen molar-refractivity contribution < 1.29 is 4.79 Å². The van der Waals surface area contributed by atoms with Gasteiger partial charge in [0.2, 0.25) is 5.91 Å². The molecule has 0 radical (unpaired) electrons. The van der Waals surface area contributed by atoms with Crippen LogP contribution in [0.1, 0.15) is 23.6 Å². The molecule has 1 amide bonds. The van der Waals surface area contributed by atoms with Crippen molar-refractivity contribution in [1.82, 2.24) is 0 Å². The van der Waals surface area contributed by atoms with Crippen LogP contribution in [0.15, 0.2) is 48.5 Å². The zero-order valence-corrected chi connectivity index (χ0v) is 11.5. The number of carbonyl (C=O) groups excluding carboxylic acids is 1. The molecule has 1 atom stereocenters. The van der Waals surface area contributed by atoms with Crippen molar-refractivity contribution in [3.05, 3.63) is 65.2 Å². The fourth-order valence-electron chi connectivity index (χ4n) is 2.91. The SMILES string of the molecule is Cc1ccc(C2(C)C(=O)N(C)c3ccccc32)cc1. The molecule has 2 nitrogen and oxygen atoms in total. The van der Waals surface area contributed by atoms with Crippen LogP contribution in [0.4, 0.5) is 5.69 Å². The first-order chi connectivity index (χ1) is 9.05. The smallest absolute Gasteiger partial charge is 0.241 e. The Hall–Kier alpha value is -2.09. The summed E-state index contributed by atoms with van der Waals surface area (Å²) in [5, 5.41) is 0. The molecule has 19 heavy (non-hydrogen) atoms. The molecule has 1 aliphatic heterocycles. The summed E-state index contributed by atoms with van der Waals surface area (Å²) >= 11 is 0. The van der Waals surface area contributed by atoms with Crippen molar-refractivity contribution in [1.29, 1.82) is 0 Å². The molecule has 0 spiro atoms. The molecule has 0 aromatic heterocycles. The van der Waals surface area contributed by atoms with Gasteiger partial charge in [0.1, 0.15) is 0 Å². The predicted octanol–water partition coefficient (Wildman–Crippen LogP) is 3.28. The lowest BCUT2D eigenvalue weighted by molar-refractivity contribution is -0.121. The van der Waals surface area contributed by atoms with Crippen LogP contribution in [-0.2, 0) is 10.2 Å². The Bertz CT molecular complexity index is 645. The highest BCUT2D eigenvalue weighted by Gasteiger charge is 2.46. The Balaban J connectivity index is 2.24.